The van der Waals surface area contributed by atoms with E-state index in [0.717, 1.165) is 19.5 Å². The molecule has 0 spiro atoms. The predicted octanol–water partition coefficient (Wildman–Crippen LogP) is 2.21. The van der Waals surface area contributed by atoms with Crippen LogP contribution in [-0.2, 0) is 23.7 Å². The number of amides is 1. The van der Waals surface area contributed by atoms with Crippen LogP contribution in [0.3, 0.4) is 0 Å². The summed E-state index contributed by atoms with van der Waals surface area (Å²) >= 11 is 0. The second-order valence-corrected chi connectivity index (χ2v) is 7.49. The molecule has 0 rings (SSSR count). The average molecular weight is 434 g/mol. The van der Waals surface area contributed by atoms with Gasteiger partial charge >= 0.3 is 6.09 Å². The Balaban J connectivity index is 3.29. The van der Waals surface area contributed by atoms with Gasteiger partial charge in [0, 0.05) is 24.5 Å². The van der Waals surface area contributed by atoms with Crippen LogP contribution in [0.1, 0.15) is 27.2 Å². The number of carbonyl (C=O) groups excluding carboxylic acids is 1. The van der Waals surface area contributed by atoms with Crippen LogP contribution in [0.5, 0.6) is 0 Å². The zero-order valence-corrected chi connectivity index (χ0v) is 18.9. The first-order valence-corrected chi connectivity index (χ1v) is 10.3. The Bertz CT molecular complexity index is 469. The lowest BCUT2D eigenvalue weighted by Crippen LogP contribution is -2.34. The Kier molecular flexibility index (Phi) is 18.3. The zero-order chi connectivity index (χ0) is 22.5. The molecule has 0 bridgehead atoms. The minimum absolute atomic E-state index is 0.334. The minimum atomic E-state index is -0.473. The van der Waals surface area contributed by atoms with Crippen molar-refractivity contribution in [1.82, 2.24) is 10.2 Å². The first-order valence-electron chi connectivity index (χ1n) is 10.3. The van der Waals surface area contributed by atoms with Gasteiger partial charge in [0.25, 0.3) is 0 Å². The van der Waals surface area contributed by atoms with Crippen molar-refractivity contribution >= 4 is 6.09 Å². The standard InChI is InChI=1S/C19H39N5O6/c1-19(2,3)30-18(25)21-6-5-8-24(4)9-11-27-13-15-29-17-16-28-14-12-26-10-7-22-23-20/h5-17H2,1-4H3,(H,21,25). The lowest BCUT2D eigenvalue weighted by atomic mass is 10.2. The molecule has 0 saturated heterocycles. The third-order valence-electron chi connectivity index (χ3n) is 3.52. The van der Waals surface area contributed by atoms with Gasteiger partial charge in [0.2, 0.25) is 0 Å². The highest BCUT2D eigenvalue weighted by molar-refractivity contribution is 5.67. The molecule has 0 aromatic heterocycles. The third-order valence-corrected chi connectivity index (χ3v) is 3.52. The Morgan fingerprint density at radius 3 is 2.00 bits per heavy atom. The summed E-state index contributed by atoms with van der Waals surface area (Å²) in [4.78, 5) is 16.3. The van der Waals surface area contributed by atoms with Crippen molar-refractivity contribution in [1.29, 1.82) is 0 Å². The molecule has 0 aromatic carbocycles. The van der Waals surface area contributed by atoms with Gasteiger partial charge in [-0.2, -0.15) is 0 Å². The molecule has 0 aliphatic rings. The zero-order valence-electron chi connectivity index (χ0n) is 18.9. The first-order chi connectivity index (χ1) is 14.3. The maximum absolute atomic E-state index is 11.5. The molecular weight excluding hydrogens is 394 g/mol. The van der Waals surface area contributed by atoms with E-state index in [1.807, 2.05) is 27.8 Å². The second-order valence-electron chi connectivity index (χ2n) is 7.49. The van der Waals surface area contributed by atoms with Crippen molar-refractivity contribution < 1.29 is 28.5 Å². The summed E-state index contributed by atoms with van der Waals surface area (Å²) in [5.41, 5.74) is 7.63. The number of rotatable bonds is 19. The van der Waals surface area contributed by atoms with Crippen molar-refractivity contribution in [3.63, 3.8) is 0 Å². The molecule has 176 valence electrons. The van der Waals surface area contributed by atoms with Gasteiger partial charge in [-0.1, -0.05) is 5.11 Å². The van der Waals surface area contributed by atoms with Crippen LogP contribution < -0.4 is 5.32 Å². The summed E-state index contributed by atoms with van der Waals surface area (Å²) in [7, 11) is 2.02. The van der Waals surface area contributed by atoms with Crippen LogP contribution in [0.4, 0.5) is 4.79 Å². The molecule has 0 radical (unpaired) electrons. The number of azide groups is 1. The van der Waals surface area contributed by atoms with E-state index in [9.17, 15) is 4.79 Å². The van der Waals surface area contributed by atoms with E-state index >= 15 is 0 Å². The predicted molar refractivity (Wildman–Crippen MR) is 114 cm³/mol. The van der Waals surface area contributed by atoms with E-state index < -0.39 is 5.60 Å². The summed E-state index contributed by atoms with van der Waals surface area (Å²) in [5, 5.41) is 6.11. The number of hydrogen-bond donors (Lipinski definition) is 1. The van der Waals surface area contributed by atoms with E-state index in [-0.39, 0.29) is 6.09 Å². The minimum Gasteiger partial charge on any atom is -0.444 e. The molecule has 1 amide bonds. The fraction of sp³-hybridized carbons (Fsp3) is 0.947. The topological polar surface area (TPSA) is 127 Å². The Morgan fingerprint density at radius 1 is 0.933 bits per heavy atom. The van der Waals surface area contributed by atoms with Crippen LogP contribution in [0.2, 0.25) is 0 Å². The van der Waals surface area contributed by atoms with Crippen LogP contribution in [0, 0.1) is 0 Å². The van der Waals surface area contributed by atoms with Gasteiger partial charge in [0.1, 0.15) is 5.60 Å². The molecule has 0 saturated carbocycles. The lowest BCUT2D eigenvalue weighted by Gasteiger charge is -2.20. The fourth-order valence-electron chi connectivity index (χ4n) is 2.10. The van der Waals surface area contributed by atoms with Crippen molar-refractivity contribution in [3.8, 4) is 0 Å². The van der Waals surface area contributed by atoms with Gasteiger partial charge in [-0.15, -0.1) is 0 Å². The van der Waals surface area contributed by atoms with Crippen LogP contribution in [0.15, 0.2) is 5.11 Å². The van der Waals surface area contributed by atoms with E-state index in [0.29, 0.717) is 65.9 Å². The molecule has 11 nitrogen and oxygen atoms in total. The summed E-state index contributed by atoms with van der Waals surface area (Å²) in [6, 6.07) is 0. The molecule has 0 fully saturated rings. The van der Waals surface area contributed by atoms with E-state index in [1.54, 1.807) is 0 Å². The van der Waals surface area contributed by atoms with Gasteiger partial charge in [0.05, 0.1) is 52.9 Å². The molecule has 0 aliphatic heterocycles. The van der Waals surface area contributed by atoms with Crippen LogP contribution >= 0.6 is 0 Å². The number of alkyl carbamates (subject to hydrolysis) is 1. The average Bonchev–Trinajstić information content (AvgIpc) is 2.67. The summed E-state index contributed by atoms with van der Waals surface area (Å²) in [5.74, 6) is 0. The maximum Gasteiger partial charge on any atom is 0.407 e. The van der Waals surface area contributed by atoms with Crippen molar-refractivity contribution in [3.05, 3.63) is 10.4 Å². The first kappa shape index (κ1) is 28.4. The molecule has 0 aliphatic carbocycles. The number of nitrogens with one attached hydrogen (secondary N) is 1. The number of carbonyl (C=O) groups is 1. The quantitative estimate of drug-likeness (QED) is 0.143. The van der Waals surface area contributed by atoms with Crippen LogP contribution in [0.25, 0.3) is 10.4 Å². The maximum atomic E-state index is 11.5. The largest absolute Gasteiger partial charge is 0.444 e. The van der Waals surface area contributed by atoms with Gasteiger partial charge in [-0.3, -0.25) is 0 Å². The number of likely N-dealkylation sites (N-methyl/N-ethyl adjacent to an activating group) is 1. The molecular formula is C19H39N5O6. The van der Waals surface area contributed by atoms with Crippen molar-refractivity contribution in [2.45, 2.75) is 32.8 Å². The van der Waals surface area contributed by atoms with Gasteiger partial charge < -0.3 is 33.9 Å². The van der Waals surface area contributed by atoms with Gasteiger partial charge in [0.15, 0.2) is 0 Å². The summed E-state index contributed by atoms with van der Waals surface area (Å²) in [6.07, 6.45) is 0.465. The second kappa shape index (κ2) is 19.3. The molecule has 0 aromatic rings. The highest BCUT2D eigenvalue weighted by Crippen LogP contribution is 2.06. The molecule has 11 heteroatoms. The van der Waals surface area contributed by atoms with E-state index in [1.165, 1.54) is 0 Å². The fourth-order valence-corrected chi connectivity index (χ4v) is 2.10. The molecule has 0 unspecified atom stereocenters. The molecule has 1 N–H and O–H groups in total. The number of ether oxygens (including phenoxy) is 5. The monoisotopic (exact) mass is 433 g/mol. The van der Waals surface area contributed by atoms with Gasteiger partial charge in [-0.05, 0) is 46.3 Å². The Morgan fingerprint density at radius 2 is 1.47 bits per heavy atom. The number of nitrogens with zero attached hydrogens (tertiary/aromatic N) is 4. The lowest BCUT2D eigenvalue weighted by molar-refractivity contribution is -0.00260. The highest BCUT2D eigenvalue weighted by Gasteiger charge is 2.15. The highest BCUT2D eigenvalue weighted by atomic mass is 16.6. The van der Waals surface area contributed by atoms with Crippen LogP contribution in [-0.4, -0.2) is 103 Å². The van der Waals surface area contributed by atoms with Crippen molar-refractivity contribution in [2.75, 3.05) is 86.1 Å². The SMILES string of the molecule is CN(CCCNC(=O)OC(C)(C)C)CCOCCOCCOCCOCCN=[N+]=[N-]. The number of hydrogen-bond acceptors (Lipinski definition) is 8. The molecule has 0 heterocycles. The summed E-state index contributed by atoms with van der Waals surface area (Å²) in [6.45, 7) is 12.2. The Labute approximate surface area is 179 Å². The van der Waals surface area contributed by atoms with E-state index in [2.05, 4.69) is 20.2 Å². The Hall–Kier alpha value is -1.62. The van der Waals surface area contributed by atoms with E-state index in [4.69, 9.17) is 29.2 Å². The summed E-state index contributed by atoms with van der Waals surface area (Å²) < 4.78 is 26.7. The molecule has 0 atom stereocenters. The van der Waals surface area contributed by atoms with Crippen molar-refractivity contribution in [2.24, 2.45) is 5.11 Å². The normalized spacial score (nSPS) is 11.4. The third kappa shape index (κ3) is 22.7. The molecule has 30 heavy (non-hydrogen) atoms. The smallest absolute Gasteiger partial charge is 0.407 e. The van der Waals surface area contributed by atoms with Gasteiger partial charge in [-0.25, -0.2) is 4.79 Å².